The highest BCUT2D eigenvalue weighted by molar-refractivity contribution is 7.72. The molecule has 27 heavy (non-hydrogen) atoms. The van der Waals surface area contributed by atoms with Gasteiger partial charge in [-0.2, -0.15) is 0 Å². The van der Waals surface area contributed by atoms with Crippen molar-refractivity contribution in [1.29, 1.82) is 0 Å². The Morgan fingerprint density at radius 2 is 1.26 bits per heavy atom. The molecule has 2 unspecified atom stereocenters. The van der Waals surface area contributed by atoms with Gasteiger partial charge in [-0.3, -0.25) is 13.7 Å². The molecule has 1 aromatic heterocycles. The van der Waals surface area contributed by atoms with Gasteiger partial charge < -0.3 is 53.9 Å². The first-order chi connectivity index (χ1) is 11.7. The lowest BCUT2D eigenvalue weighted by atomic mass is 10.6. The van der Waals surface area contributed by atoms with Crippen LogP contribution in [-0.2, 0) is 31.3 Å². The van der Waals surface area contributed by atoms with Crippen molar-refractivity contribution >= 4 is 30.4 Å². The Bertz CT molecular complexity index is 771. The van der Waals surface area contributed by atoms with Gasteiger partial charge in [0.25, 0.3) is 5.08 Å². The molecular weight excluding hydrogens is 460 g/mol. The van der Waals surface area contributed by atoms with Gasteiger partial charge in [-0.15, -0.1) is 0 Å². The Morgan fingerprint density at radius 3 is 1.59 bits per heavy atom. The maximum Gasteiger partial charge on any atom is 0.373 e. The summed E-state index contributed by atoms with van der Waals surface area (Å²) in [6, 6.07) is 0. The molecule has 1 rings (SSSR count). The van der Waals surface area contributed by atoms with Gasteiger partial charge in [-0.25, -0.2) is 9.13 Å². The van der Waals surface area contributed by atoms with Crippen LogP contribution in [0.1, 0.15) is 0 Å². The minimum Gasteiger partial charge on any atom is -0.776 e. The number of nitrogens with zero attached hydrogens (tertiary/aromatic N) is 2. The predicted molar refractivity (Wildman–Crippen MR) is 80.5 cm³/mol. The molecule has 9 N–H and O–H groups in total. The van der Waals surface area contributed by atoms with Crippen LogP contribution >= 0.6 is 30.4 Å². The highest BCUT2D eigenvalue weighted by Gasteiger charge is 2.61. The van der Waals surface area contributed by atoms with Gasteiger partial charge in [0.1, 0.15) is 25.5 Å². The van der Waals surface area contributed by atoms with E-state index in [0.29, 0.717) is 15.5 Å². The smallest absolute Gasteiger partial charge is 0.373 e. The number of imidazole rings is 1. The zero-order chi connectivity index (χ0) is 21.7. The zero-order valence-corrected chi connectivity index (χ0v) is 16.5. The molecule has 0 aromatic carbocycles. The summed E-state index contributed by atoms with van der Waals surface area (Å²) < 4.78 is 46.0. The third kappa shape index (κ3) is 4.84. The molecule has 1 heterocycles. The van der Waals surface area contributed by atoms with E-state index in [-0.39, 0.29) is 0 Å². The first kappa shape index (κ1) is 24.8. The van der Waals surface area contributed by atoms with Crippen molar-refractivity contribution in [2.75, 3.05) is 0 Å². The fourth-order valence-electron chi connectivity index (χ4n) is 1.82. The summed E-state index contributed by atoms with van der Waals surface area (Å²) in [6.45, 7) is -2.89. The SMILES string of the molecule is O=P([O-])(O)C(O)(Cn1cc[n+](CC(O)(P(=O)(O)O)P(=O)(O)O)c1)P(=O)(O)O. The summed E-state index contributed by atoms with van der Waals surface area (Å²) in [5.74, 6) is 0. The minimum absolute atomic E-state index is 0.514. The van der Waals surface area contributed by atoms with E-state index in [1.807, 2.05) is 0 Å². The topological polar surface area (TPSA) is 282 Å². The molecule has 0 fully saturated rings. The highest BCUT2D eigenvalue weighted by atomic mass is 31.2. The summed E-state index contributed by atoms with van der Waals surface area (Å²) in [6.07, 6.45) is 2.16. The Balaban J connectivity index is 3.29. The van der Waals surface area contributed by atoms with E-state index in [9.17, 15) is 33.4 Å². The Morgan fingerprint density at radius 1 is 0.852 bits per heavy atom. The Kier molecular flexibility index (Phi) is 6.61. The van der Waals surface area contributed by atoms with E-state index in [2.05, 4.69) is 0 Å². The van der Waals surface area contributed by atoms with Crippen LogP contribution in [0.25, 0.3) is 0 Å². The molecule has 0 saturated heterocycles. The lowest BCUT2D eigenvalue weighted by Crippen LogP contribution is -2.46. The van der Waals surface area contributed by atoms with Gasteiger partial charge in [0.2, 0.25) is 6.33 Å². The lowest BCUT2D eigenvalue weighted by molar-refractivity contribution is -0.703. The van der Waals surface area contributed by atoms with Gasteiger partial charge in [0, 0.05) is 0 Å². The maximum atomic E-state index is 11.3. The van der Waals surface area contributed by atoms with Gasteiger partial charge >= 0.3 is 27.9 Å². The molecule has 20 heteroatoms. The number of aliphatic hydroxyl groups is 2. The van der Waals surface area contributed by atoms with E-state index in [1.165, 1.54) is 0 Å². The number of hydrogen-bond acceptors (Lipinski definition) is 7. The lowest BCUT2D eigenvalue weighted by Gasteiger charge is -2.34. The largest absolute Gasteiger partial charge is 0.776 e. The summed E-state index contributed by atoms with van der Waals surface area (Å²) in [4.78, 5) is 74.3. The van der Waals surface area contributed by atoms with Crippen LogP contribution in [-0.4, -0.2) is 59.2 Å². The molecule has 0 spiro atoms. The highest BCUT2D eigenvalue weighted by Crippen LogP contribution is 2.68. The van der Waals surface area contributed by atoms with E-state index >= 15 is 0 Å². The molecule has 0 radical (unpaired) electrons. The van der Waals surface area contributed by atoms with E-state index in [1.54, 1.807) is 0 Å². The summed E-state index contributed by atoms with van der Waals surface area (Å²) >= 11 is 0. The third-order valence-electron chi connectivity index (χ3n) is 3.39. The fraction of sp³-hybridized carbons (Fsp3) is 0.571. The van der Waals surface area contributed by atoms with Crippen LogP contribution in [0.5, 0.6) is 0 Å². The van der Waals surface area contributed by atoms with Gasteiger partial charge in [-0.1, -0.05) is 0 Å². The number of hydrogen-bond donors (Lipinski definition) is 9. The second-order valence-corrected chi connectivity index (χ2v) is 13.4. The third-order valence-corrected chi connectivity index (χ3v) is 10.8. The zero-order valence-electron chi connectivity index (χ0n) is 12.9. The standard InChI is InChI=1S/C7H16N2O14P4/c10-6(24(12,13)14,25(15,16)17)3-8-1-2-9(5-8)4-7(11,26(18,19)20)27(21,22)23/h1-2,5,10-11H,3-4H2,(H7-,12,13,14,15,16,17,18,19,20,21,22,23). The average molecular weight is 476 g/mol. The van der Waals surface area contributed by atoms with Crippen LogP contribution in [0, 0.1) is 0 Å². The second kappa shape index (κ2) is 7.21. The molecule has 1 aromatic rings. The van der Waals surface area contributed by atoms with Crippen LogP contribution in [0.2, 0.25) is 0 Å². The Labute approximate surface area is 150 Å². The fourth-order valence-corrected chi connectivity index (χ4v) is 5.87. The van der Waals surface area contributed by atoms with Crippen LogP contribution in [0.15, 0.2) is 18.7 Å². The Hall–Kier alpha value is -0.270. The molecule has 0 aliphatic rings. The first-order valence-corrected chi connectivity index (χ1v) is 12.8. The normalized spacial score (nSPS) is 18.7. The summed E-state index contributed by atoms with van der Waals surface area (Å²) in [7, 11) is -23.5. The monoisotopic (exact) mass is 476 g/mol. The van der Waals surface area contributed by atoms with Gasteiger partial charge in [0.05, 0.1) is 0 Å². The van der Waals surface area contributed by atoms with Crippen molar-refractivity contribution < 1.29 is 72.2 Å². The maximum absolute atomic E-state index is 11.3. The van der Waals surface area contributed by atoms with E-state index < -0.39 is 53.6 Å². The van der Waals surface area contributed by atoms with Crippen molar-refractivity contribution in [3.8, 4) is 0 Å². The molecule has 16 nitrogen and oxygen atoms in total. The number of rotatable bonds is 8. The van der Waals surface area contributed by atoms with Crippen LogP contribution in [0.3, 0.4) is 0 Å². The molecule has 0 amide bonds. The summed E-state index contributed by atoms with van der Waals surface area (Å²) in [5.41, 5.74) is 0. The number of aromatic nitrogens is 2. The molecule has 2 atom stereocenters. The summed E-state index contributed by atoms with van der Waals surface area (Å²) in [5, 5.41) is 11.7. The van der Waals surface area contributed by atoms with Crippen LogP contribution in [0.4, 0.5) is 0 Å². The van der Waals surface area contributed by atoms with Crippen LogP contribution < -0.4 is 9.46 Å². The predicted octanol–water partition coefficient (Wildman–Crippen LogP) is -3.85. The van der Waals surface area contributed by atoms with Crippen molar-refractivity contribution in [2.24, 2.45) is 0 Å². The van der Waals surface area contributed by atoms with Crippen molar-refractivity contribution in [2.45, 2.75) is 23.3 Å². The van der Waals surface area contributed by atoms with Gasteiger partial charge in [-0.05, 0) is 0 Å². The molecule has 0 bridgehead atoms. The quantitative estimate of drug-likeness (QED) is 0.128. The molecule has 0 saturated carbocycles. The molecule has 0 aliphatic carbocycles. The molecule has 158 valence electrons. The van der Waals surface area contributed by atoms with Crippen molar-refractivity contribution in [3.05, 3.63) is 18.7 Å². The van der Waals surface area contributed by atoms with E-state index in [4.69, 9.17) is 34.3 Å². The minimum atomic E-state index is -6.05. The van der Waals surface area contributed by atoms with Crippen molar-refractivity contribution in [1.82, 2.24) is 4.57 Å². The second-order valence-electron chi connectivity index (χ2n) is 5.46. The van der Waals surface area contributed by atoms with Gasteiger partial charge in [0.15, 0.2) is 7.60 Å². The average Bonchev–Trinajstić information content (AvgIpc) is 2.80. The van der Waals surface area contributed by atoms with E-state index in [0.717, 1.165) is 12.4 Å². The molecular formula is C7H16N2O14P4. The van der Waals surface area contributed by atoms with Crippen molar-refractivity contribution in [3.63, 3.8) is 0 Å². The first-order valence-electron chi connectivity index (χ1n) is 6.36. The molecule has 0 aliphatic heterocycles.